The van der Waals surface area contributed by atoms with Gasteiger partial charge < -0.3 is 19.6 Å². The molecular formula is C25H40N2O5S. The predicted molar refractivity (Wildman–Crippen MR) is 130 cm³/mol. The van der Waals surface area contributed by atoms with Crippen molar-refractivity contribution < 1.29 is 24.2 Å². The first-order chi connectivity index (χ1) is 15.8. The van der Waals surface area contributed by atoms with Gasteiger partial charge in [0.1, 0.15) is 6.04 Å². The summed E-state index contributed by atoms with van der Waals surface area (Å²) in [7, 11) is 0. The molecular weight excluding hydrogens is 440 g/mol. The number of hydrogen-bond acceptors (Lipinski definition) is 6. The molecule has 8 heteroatoms. The smallest absolute Gasteiger partial charge is 0.311 e. The molecule has 3 aliphatic rings. The SMILES string of the molecule is C=CCN(CCCC)C(=O)C1N(CCCCCO)C(=O)[C@@H]2[C@H](C(=O)OCC)[C@]3(C)CCC12S3. The third kappa shape index (κ3) is 4.57. The average molecular weight is 481 g/mol. The molecule has 2 bridgehead atoms. The number of thioether (sulfide) groups is 1. The van der Waals surface area contributed by atoms with Crippen molar-refractivity contribution in [3.63, 3.8) is 0 Å². The van der Waals surface area contributed by atoms with Crippen molar-refractivity contribution in [2.24, 2.45) is 11.8 Å². The Bertz CT molecular complexity index is 761. The Morgan fingerprint density at radius 1 is 1.27 bits per heavy atom. The Kier molecular flexibility index (Phi) is 8.54. The van der Waals surface area contributed by atoms with Crippen molar-refractivity contribution in [3.8, 4) is 0 Å². The highest BCUT2D eigenvalue weighted by Gasteiger charge is 2.77. The van der Waals surface area contributed by atoms with Crippen LogP contribution >= 0.6 is 11.8 Å². The fourth-order valence-electron chi connectivity index (χ4n) is 6.08. The molecule has 3 heterocycles. The summed E-state index contributed by atoms with van der Waals surface area (Å²) >= 11 is 1.68. The maximum atomic E-state index is 14.0. The maximum Gasteiger partial charge on any atom is 0.311 e. The standard InChI is InChI=1S/C25H40N2O5S/c1-5-8-15-26(14-6-2)22(30)20-25-13-12-24(4,33-25)19(23(31)32-7-3)18(25)21(29)27(20)16-10-9-11-17-28/h6,18-20,28H,2,5,7-17H2,1,3-4H3/t18-,19+,20?,24-,25?/m0/s1. The van der Waals surface area contributed by atoms with Crippen LogP contribution in [0.2, 0.25) is 0 Å². The molecule has 5 atom stereocenters. The summed E-state index contributed by atoms with van der Waals surface area (Å²) in [6.07, 6.45) is 7.34. The van der Waals surface area contributed by atoms with Crippen molar-refractivity contribution in [1.82, 2.24) is 9.80 Å². The fourth-order valence-corrected chi connectivity index (χ4v) is 8.41. The minimum absolute atomic E-state index is 0.0254. The summed E-state index contributed by atoms with van der Waals surface area (Å²) in [6.45, 7) is 11.7. The number of rotatable bonds is 13. The van der Waals surface area contributed by atoms with Crippen molar-refractivity contribution >= 4 is 29.5 Å². The summed E-state index contributed by atoms with van der Waals surface area (Å²) in [5.74, 6) is -1.47. The number of esters is 1. The number of nitrogens with zero attached hydrogens (tertiary/aromatic N) is 2. The van der Waals surface area contributed by atoms with Gasteiger partial charge in [0.25, 0.3) is 0 Å². The van der Waals surface area contributed by atoms with E-state index in [0.29, 0.717) is 26.1 Å². The van der Waals surface area contributed by atoms with Crippen LogP contribution in [0.5, 0.6) is 0 Å². The van der Waals surface area contributed by atoms with Crippen LogP contribution in [-0.4, -0.2) is 81.1 Å². The minimum Gasteiger partial charge on any atom is -0.466 e. The van der Waals surface area contributed by atoms with Crippen LogP contribution in [0, 0.1) is 11.8 Å². The summed E-state index contributed by atoms with van der Waals surface area (Å²) in [5, 5.41) is 9.15. The number of amides is 2. The number of likely N-dealkylation sites (tertiary alicyclic amines) is 1. The number of hydrogen-bond donors (Lipinski definition) is 1. The molecule has 0 aromatic carbocycles. The number of unbranched alkanes of at least 4 members (excludes halogenated alkanes) is 3. The maximum absolute atomic E-state index is 14.0. The average Bonchev–Trinajstić information content (AvgIpc) is 3.35. The van der Waals surface area contributed by atoms with E-state index in [1.807, 2.05) is 4.90 Å². The zero-order valence-electron chi connectivity index (χ0n) is 20.4. The van der Waals surface area contributed by atoms with Gasteiger partial charge in [0.05, 0.1) is 23.2 Å². The molecule has 0 aromatic heterocycles. The first kappa shape index (κ1) is 26.1. The Morgan fingerprint density at radius 3 is 2.67 bits per heavy atom. The number of ether oxygens (including phenoxy) is 1. The number of aliphatic hydroxyl groups is 1. The predicted octanol–water partition coefficient (Wildman–Crippen LogP) is 3.01. The second-order valence-corrected chi connectivity index (χ2v) is 11.6. The first-order valence-corrected chi connectivity index (χ1v) is 13.3. The van der Waals surface area contributed by atoms with E-state index in [4.69, 9.17) is 9.84 Å². The second-order valence-electron chi connectivity index (χ2n) is 9.72. The lowest BCUT2D eigenvalue weighted by molar-refractivity contribution is -0.155. The fraction of sp³-hybridized carbons (Fsp3) is 0.800. The summed E-state index contributed by atoms with van der Waals surface area (Å²) < 4.78 is 4.44. The van der Waals surface area contributed by atoms with Crippen LogP contribution in [0.1, 0.15) is 65.7 Å². The molecule has 2 unspecified atom stereocenters. The molecule has 1 N–H and O–H groups in total. The molecule has 3 rings (SSSR count). The van der Waals surface area contributed by atoms with Crippen LogP contribution in [-0.2, 0) is 19.1 Å². The summed E-state index contributed by atoms with van der Waals surface area (Å²) in [4.78, 5) is 44.5. The highest BCUT2D eigenvalue weighted by molar-refractivity contribution is 8.02. The molecule has 0 aliphatic carbocycles. The van der Waals surface area contributed by atoms with Gasteiger partial charge in [0.2, 0.25) is 11.8 Å². The van der Waals surface area contributed by atoms with E-state index < -0.39 is 22.6 Å². The van der Waals surface area contributed by atoms with E-state index in [1.54, 1.807) is 29.7 Å². The van der Waals surface area contributed by atoms with Crippen LogP contribution in [0.15, 0.2) is 12.7 Å². The molecule has 0 saturated carbocycles. The van der Waals surface area contributed by atoms with Crippen LogP contribution in [0.4, 0.5) is 0 Å². The van der Waals surface area contributed by atoms with E-state index in [9.17, 15) is 14.4 Å². The highest BCUT2D eigenvalue weighted by atomic mass is 32.2. The number of aliphatic hydroxyl groups excluding tert-OH is 1. The molecule has 0 radical (unpaired) electrons. The molecule has 3 fully saturated rings. The van der Waals surface area contributed by atoms with Gasteiger partial charge in [-0.25, -0.2) is 0 Å². The highest BCUT2D eigenvalue weighted by Crippen LogP contribution is 2.71. The van der Waals surface area contributed by atoms with Gasteiger partial charge in [-0.3, -0.25) is 14.4 Å². The third-order valence-corrected chi connectivity index (χ3v) is 9.54. The number of fused-ring (bicyclic) bond motifs is 1. The van der Waals surface area contributed by atoms with Crippen molar-refractivity contribution in [1.29, 1.82) is 0 Å². The van der Waals surface area contributed by atoms with E-state index in [2.05, 4.69) is 20.4 Å². The lowest BCUT2D eigenvalue weighted by Gasteiger charge is -2.37. The van der Waals surface area contributed by atoms with Gasteiger partial charge in [-0.05, 0) is 52.4 Å². The van der Waals surface area contributed by atoms with Crippen molar-refractivity contribution in [3.05, 3.63) is 12.7 Å². The minimum atomic E-state index is -0.594. The van der Waals surface area contributed by atoms with Gasteiger partial charge >= 0.3 is 5.97 Å². The van der Waals surface area contributed by atoms with E-state index in [-0.39, 0.29) is 35.7 Å². The Morgan fingerprint density at radius 2 is 2.03 bits per heavy atom. The quantitative estimate of drug-likeness (QED) is 0.248. The molecule has 1 spiro atoms. The molecule has 33 heavy (non-hydrogen) atoms. The molecule has 2 amide bonds. The van der Waals surface area contributed by atoms with Crippen molar-refractivity contribution in [2.75, 3.05) is 32.8 Å². The molecule has 0 aromatic rings. The van der Waals surface area contributed by atoms with E-state index in [1.165, 1.54) is 0 Å². The number of carbonyl (C=O) groups excluding carboxylic acids is 3. The lowest BCUT2D eigenvalue weighted by atomic mass is 9.66. The zero-order chi connectivity index (χ0) is 24.2. The van der Waals surface area contributed by atoms with Gasteiger partial charge in [-0.2, -0.15) is 0 Å². The van der Waals surface area contributed by atoms with Gasteiger partial charge in [0.15, 0.2) is 0 Å². The topological polar surface area (TPSA) is 87.2 Å². The van der Waals surface area contributed by atoms with Gasteiger partial charge in [0, 0.05) is 31.0 Å². The molecule has 3 saturated heterocycles. The molecule has 7 nitrogen and oxygen atoms in total. The molecule has 186 valence electrons. The Labute approximate surface area is 202 Å². The monoisotopic (exact) mass is 480 g/mol. The van der Waals surface area contributed by atoms with Crippen LogP contribution < -0.4 is 0 Å². The van der Waals surface area contributed by atoms with Crippen molar-refractivity contribution in [2.45, 2.75) is 81.3 Å². The number of carbonyl (C=O) groups is 3. The third-order valence-electron chi connectivity index (χ3n) is 7.55. The Hall–Kier alpha value is -1.54. The van der Waals surface area contributed by atoms with E-state index >= 15 is 0 Å². The largest absolute Gasteiger partial charge is 0.466 e. The van der Waals surface area contributed by atoms with Crippen LogP contribution in [0.25, 0.3) is 0 Å². The first-order valence-electron chi connectivity index (χ1n) is 12.5. The normalized spacial score (nSPS) is 32.2. The molecule has 3 aliphatic heterocycles. The summed E-state index contributed by atoms with van der Waals surface area (Å²) in [5.41, 5.74) is 0. The van der Waals surface area contributed by atoms with E-state index in [0.717, 1.165) is 38.5 Å². The second kappa shape index (κ2) is 10.8. The van der Waals surface area contributed by atoms with Gasteiger partial charge in [-0.15, -0.1) is 18.3 Å². The lowest BCUT2D eigenvalue weighted by Crippen LogP contribution is -2.55. The Balaban J connectivity index is 1.98. The zero-order valence-corrected chi connectivity index (χ0v) is 21.2. The van der Waals surface area contributed by atoms with Crippen LogP contribution in [0.3, 0.4) is 0 Å². The summed E-state index contributed by atoms with van der Waals surface area (Å²) in [6, 6.07) is -0.577. The van der Waals surface area contributed by atoms with Gasteiger partial charge in [-0.1, -0.05) is 19.4 Å².